The molecule has 0 unspecified atom stereocenters. The molecule has 5 heteroatoms. The van der Waals surface area contributed by atoms with Crippen LogP contribution in [0, 0.1) is 0 Å². The van der Waals surface area contributed by atoms with Crippen LogP contribution in [-0.4, -0.2) is 11.6 Å². The van der Waals surface area contributed by atoms with Crippen LogP contribution >= 0.6 is 27.5 Å². The Kier molecular flexibility index (Phi) is 5.53. The molecule has 0 aliphatic heterocycles. The monoisotopic (exact) mass is 364 g/mol. The van der Waals surface area contributed by atoms with Gasteiger partial charge < -0.3 is 0 Å². The molecule has 21 heavy (non-hydrogen) atoms. The molecular weight excluding hydrogens is 352 g/mol. The topological polar surface area (TPSA) is 41.5 Å². The zero-order valence-electron chi connectivity index (χ0n) is 11.4. The highest BCUT2D eigenvalue weighted by atomic mass is 79.9. The van der Waals surface area contributed by atoms with Crippen molar-refractivity contribution >= 4 is 39.1 Å². The van der Waals surface area contributed by atoms with E-state index in [0.29, 0.717) is 5.02 Å². The Hall–Kier alpha value is -1.65. The average molecular weight is 366 g/mol. The van der Waals surface area contributed by atoms with E-state index in [1.807, 2.05) is 43.3 Å². The molecule has 0 spiro atoms. The maximum atomic E-state index is 11.8. The lowest BCUT2D eigenvalue weighted by atomic mass is 10.1. The van der Waals surface area contributed by atoms with Crippen molar-refractivity contribution in [1.82, 2.24) is 5.43 Å². The molecule has 0 radical (unpaired) electrons. The number of hydrogen-bond donors (Lipinski definition) is 1. The summed E-state index contributed by atoms with van der Waals surface area (Å²) in [5, 5.41) is 4.77. The van der Waals surface area contributed by atoms with Crippen LogP contribution in [-0.2, 0) is 11.2 Å². The first-order chi connectivity index (χ1) is 10.0. The van der Waals surface area contributed by atoms with E-state index in [2.05, 4.69) is 26.5 Å². The minimum atomic E-state index is -0.160. The van der Waals surface area contributed by atoms with Crippen LogP contribution in [0.4, 0.5) is 0 Å². The third kappa shape index (κ3) is 4.99. The molecule has 0 saturated carbocycles. The van der Waals surface area contributed by atoms with Crippen LogP contribution in [0.3, 0.4) is 0 Å². The summed E-state index contributed by atoms with van der Waals surface area (Å²) in [6.45, 7) is 1.85. The summed E-state index contributed by atoms with van der Waals surface area (Å²) < 4.78 is 0.974. The van der Waals surface area contributed by atoms with Crippen LogP contribution in [0.1, 0.15) is 18.1 Å². The van der Waals surface area contributed by atoms with Crippen LogP contribution in [0.25, 0.3) is 0 Å². The Morgan fingerprint density at radius 1 is 1.24 bits per heavy atom. The van der Waals surface area contributed by atoms with Gasteiger partial charge in [-0.15, -0.1) is 0 Å². The van der Waals surface area contributed by atoms with Crippen molar-refractivity contribution in [1.29, 1.82) is 0 Å². The maximum absolute atomic E-state index is 11.8. The van der Waals surface area contributed by atoms with Gasteiger partial charge >= 0.3 is 0 Å². The second-order valence-corrected chi connectivity index (χ2v) is 5.90. The number of benzene rings is 2. The first-order valence-electron chi connectivity index (χ1n) is 6.38. The fraction of sp³-hybridized carbons (Fsp3) is 0.125. The van der Waals surface area contributed by atoms with Gasteiger partial charge in [0.2, 0.25) is 5.91 Å². The maximum Gasteiger partial charge on any atom is 0.244 e. The van der Waals surface area contributed by atoms with Gasteiger partial charge in [-0.1, -0.05) is 51.8 Å². The zero-order chi connectivity index (χ0) is 15.2. The second-order valence-electron chi connectivity index (χ2n) is 4.55. The quantitative estimate of drug-likeness (QED) is 0.641. The fourth-order valence-corrected chi connectivity index (χ4v) is 2.28. The lowest BCUT2D eigenvalue weighted by Gasteiger charge is -2.04. The van der Waals surface area contributed by atoms with Gasteiger partial charge in [0.1, 0.15) is 0 Å². The minimum absolute atomic E-state index is 0.160. The molecule has 1 N–H and O–H groups in total. The molecule has 0 heterocycles. The van der Waals surface area contributed by atoms with E-state index in [0.717, 1.165) is 21.3 Å². The SMILES string of the molecule is C/C(=N\NC(=O)Cc1ccc(Cl)cc1)c1cccc(Br)c1. The van der Waals surface area contributed by atoms with E-state index >= 15 is 0 Å². The number of amides is 1. The van der Waals surface area contributed by atoms with Gasteiger partial charge in [-0.05, 0) is 42.3 Å². The first kappa shape index (κ1) is 15.7. The average Bonchev–Trinajstić information content (AvgIpc) is 2.47. The number of hydrazone groups is 1. The van der Waals surface area contributed by atoms with Gasteiger partial charge in [-0.25, -0.2) is 5.43 Å². The first-order valence-corrected chi connectivity index (χ1v) is 7.55. The molecular formula is C16H14BrClN2O. The predicted octanol–water partition coefficient (Wildman–Crippen LogP) is 4.19. The molecule has 0 aliphatic rings. The molecule has 0 bridgehead atoms. The van der Waals surface area contributed by atoms with Gasteiger partial charge in [0.15, 0.2) is 0 Å². The summed E-state index contributed by atoms with van der Waals surface area (Å²) in [7, 11) is 0. The van der Waals surface area contributed by atoms with Crippen molar-refractivity contribution in [3.63, 3.8) is 0 Å². The van der Waals surface area contributed by atoms with Crippen LogP contribution < -0.4 is 5.43 Å². The summed E-state index contributed by atoms with van der Waals surface area (Å²) in [5.74, 6) is -0.160. The number of rotatable bonds is 4. The van der Waals surface area contributed by atoms with Crippen molar-refractivity contribution in [2.75, 3.05) is 0 Å². The Balaban J connectivity index is 1.96. The van der Waals surface area contributed by atoms with Gasteiger partial charge in [0.25, 0.3) is 0 Å². The number of carbonyl (C=O) groups is 1. The highest BCUT2D eigenvalue weighted by Gasteiger charge is 2.03. The molecule has 0 aliphatic carbocycles. The van der Waals surface area contributed by atoms with Gasteiger partial charge in [0, 0.05) is 9.50 Å². The number of halogens is 2. The standard InChI is InChI=1S/C16H14BrClN2O/c1-11(13-3-2-4-14(17)10-13)19-20-16(21)9-12-5-7-15(18)8-6-12/h2-8,10H,9H2,1H3,(H,20,21)/b19-11+. The Labute approximate surface area is 137 Å². The van der Waals surface area contributed by atoms with Crippen LogP contribution in [0.5, 0.6) is 0 Å². The lowest BCUT2D eigenvalue weighted by molar-refractivity contribution is -0.120. The molecule has 0 fully saturated rings. The summed E-state index contributed by atoms with van der Waals surface area (Å²) in [6, 6.07) is 14.9. The highest BCUT2D eigenvalue weighted by molar-refractivity contribution is 9.10. The normalized spacial score (nSPS) is 11.3. The van der Waals surface area contributed by atoms with E-state index in [9.17, 15) is 4.79 Å². The molecule has 3 nitrogen and oxygen atoms in total. The molecule has 2 aromatic rings. The largest absolute Gasteiger partial charge is 0.273 e. The number of hydrogen-bond acceptors (Lipinski definition) is 2. The van der Waals surface area contributed by atoms with Gasteiger partial charge in [-0.3, -0.25) is 4.79 Å². The molecule has 2 rings (SSSR count). The smallest absolute Gasteiger partial charge is 0.244 e. The van der Waals surface area contributed by atoms with Crippen molar-refractivity contribution in [2.45, 2.75) is 13.3 Å². The molecule has 1 amide bonds. The Bertz CT molecular complexity index is 668. The molecule has 0 atom stereocenters. The van der Waals surface area contributed by atoms with Crippen molar-refractivity contribution < 1.29 is 4.79 Å². The molecule has 0 saturated heterocycles. The third-order valence-electron chi connectivity index (χ3n) is 2.87. The Morgan fingerprint density at radius 2 is 1.95 bits per heavy atom. The summed E-state index contributed by atoms with van der Waals surface area (Å²) in [4.78, 5) is 11.8. The highest BCUT2D eigenvalue weighted by Crippen LogP contribution is 2.12. The number of carbonyl (C=O) groups excluding carboxylic acids is 1. The number of nitrogens with one attached hydrogen (secondary N) is 1. The molecule has 2 aromatic carbocycles. The molecule has 0 aromatic heterocycles. The van der Waals surface area contributed by atoms with Crippen molar-refractivity contribution in [3.8, 4) is 0 Å². The van der Waals surface area contributed by atoms with E-state index in [1.165, 1.54) is 0 Å². The summed E-state index contributed by atoms with van der Waals surface area (Å²) in [6.07, 6.45) is 0.270. The summed E-state index contributed by atoms with van der Waals surface area (Å²) in [5.41, 5.74) is 5.17. The third-order valence-corrected chi connectivity index (χ3v) is 3.61. The predicted molar refractivity (Wildman–Crippen MR) is 89.7 cm³/mol. The Morgan fingerprint density at radius 3 is 2.62 bits per heavy atom. The zero-order valence-corrected chi connectivity index (χ0v) is 13.8. The van der Waals surface area contributed by atoms with E-state index in [-0.39, 0.29) is 12.3 Å². The summed E-state index contributed by atoms with van der Waals surface area (Å²) >= 11 is 9.21. The van der Waals surface area contributed by atoms with E-state index < -0.39 is 0 Å². The number of nitrogens with zero attached hydrogens (tertiary/aromatic N) is 1. The minimum Gasteiger partial charge on any atom is -0.273 e. The van der Waals surface area contributed by atoms with Crippen LogP contribution in [0.15, 0.2) is 58.1 Å². The van der Waals surface area contributed by atoms with Crippen molar-refractivity contribution in [3.05, 3.63) is 69.2 Å². The van der Waals surface area contributed by atoms with E-state index in [4.69, 9.17) is 11.6 Å². The van der Waals surface area contributed by atoms with E-state index in [1.54, 1.807) is 12.1 Å². The second kappa shape index (κ2) is 7.38. The van der Waals surface area contributed by atoms with Gasteiger partial charge in [0.05, 0.1) is 12.1 Å². The van der Waals surface area contributed by atoms with Gasteiger partial charge in [-0.2, -0.15) is 5.10 Å². The van der Waals surface area contributed by atoms with Crippen molar-refractivity contribution in [2.24, 2.45) is 5.10 Å². The fourth-order valence-electron chi connectivity index (χ4n) is 1.75. The lowest BCUT2D eigenvalue weighted by Crippen LogP contribution is -2.21. The molecule has 108 valence electrons. The van der Waals surface area contributed by atoms with Crippen LogP contribution in [0.2, 0.25) is 5.02 Å².